The van der Waals surface area contributed by atoms with Gasteiger partial charge in [0.05, 0.1) is 19.6 Å². The number of nitrogens with two attached hydrogens (primary N) is 1. The Balaban J connectivity index is 2.30. The minimum Gasteiger partial charge on any atom is -0.497 e. The Bertz CT molecular complexity index is 530. The van der Waals surface area contributed by atoms with Crippen LogP contribution in [0.3, 0.4) is 0 Å². The zero-order valence-corrected chi connectivity index (χ0v) is 12.2. The molecule has 0 bridgehead atoms. The van der Waals surface area contributed by atoms with Gasteiger partial charge in [0.15, 0.2) is 0 Å². The van der Waals surface area contributed by atoms with Crippen LogP contribution >= 0.6 is 0 Å². The third kappa shape index (κ3) is 5.80. The van der Waals surface area contributed by atoms with Crippen molar-refractivity contribution in [3.63, 3.8) is 0 Å². The normalized spacial score (nSPS) is 11.4. The highest BCUT2D eigenvalue weighted by atomic mass is 16.5. The fourth-order valence-corrected chi connectivity index (χ4v) is 1.62. The number of nitrogens with one attached hydrogen (secondary N) is 2. The molecule has 120 valence electrons. The molecule has 0 saturated carbocycles. The first kappa shape index (κ1) is 17.4. The van der Waals surface area contributed by atoms with Crippen LogP contribution < -0.4 is 21.1 Å². The smallest absolute Gasteiger partial charge is 0.305 e. The van der Waals surface area contributed by atoms with E-state index in [-0.39, 0.29) is 19.0 Å². The maximum Gasteiger partial charge on any atom is 0.305 e. The first-order chi connectivity index (χ1) is 10.4. The van der Waals surface area contributed by atoms with Gasteiger partial charge in [0.2, 0.25) is 5.91 Å². The molecule has 1 aromatic rings. The van der Waals surface area contributed by atoms with Crippen molar-refractivity contribution in [2.45, 2.75) is 12.5 Å². The Morgan fingerprint density at radius 1 is 1.18 bits per heavy atom. The van der Waals surface area contributed by atoms with Crippen molar-refractivity contribution in [1.29, 1.82) is 0 Å². The summed E-state index contributed by atoms with van der Waals surface area (Å²) in [6, 6.07) is 5.48. The van der Waals surface area contributed by atoms with Crippen LogP contribution in [-0.4, -0.2) is 49.1 Å². The lowest BCUT2D eigenvalue weighted by atomic mass is 10.2. The SMILES string of the molecule is COc1ccc(C(=O)NCCNC(=O)[C@H](N)CC(=O)O)cc1. The molecule has 22 heavy (non-hydrogen) atoms. The van der Waals surface area contributed by atoms with E-state index in [0.29, 0.717) is 11.3 Å². The fraction of sp³-hybridized carbons (Fsp3) is 0.357. The maximum atomic E-state index is 11.8. The summed E-state index contributed by atoms with van der Waals surface area (Å²) in [5, 5.41) is 13.6. The molecule has 0 aliphatic carbocycles. The number of carboxylic acid groups (broad SMARTS) is 1. The average Bonchev–Trinajstić information content (AvgIpc) is 2.50. The number of rotatable bonds is 8. The molecule has 8 nitrogen and oxygen atoms in total. The molecule has 0 radical (unpaired) electrons. The average molecular weight is 309 g/mol. The molecule has 8 heteroatoms. The van der Waals surface area contributed by atoms with Gasteiger partial charge in [0.1, 0.15) is 5.75 Å². The molecular weight excluding hydrogens is 290 g/mol. The quantitative estimate of drug-likeness (QED) is 0.472. The van der Waals surface area contributed by atoms with Crippen molar-refractivity contribution < 1.29 is 24.2 Å². The van der Waals surface area contributed by atoms with E-state index in [4.69, 9.17) is 15.6 Å². The molecule has 1 rings (SSSR count). The van der Waals surface area contributed by atoms with E-state index in [2.05, 4.69) is 10.6 Å². The van der Waals surface area contributed by atoms with Gasteiger partial charge in [-0.15, -0.1) is 0 Å². The number of benzene rings is 1. The Morgan fingerprint density at radius 3 is 2.32 bits per heavy atom. The lowest BCUT2D eigenvalue weighted by Crippen LogP contribution is -2.44. The van der Waals surface area contributed by atoms with Crippen molar-refractivity contribution in [3.8, 4) is 5.75 Å². The van der Waals surface area contributed by atoms with Crippen molar-refractivity contribution >= 4 is 17.8 Å². The van der Waals surface area contributed by atoms with Crippen molar-refractivity contribution in [1.82, 2.24) is 10.6 Å². The lowest BCUT2D eigenvalue weighted by Gasteiger charge is -2.11. The predicted octanol–water partition coefficient (Wildman–Crippen LogP) is -0.657. The summed E-state index contributed by atoms with van der Waals surface area (Å²) in [4.78, 5) is 33.6. The van der Waals surface area contributed by atoms with Crippen LogP contribution in [0.25, 0.3) is 0 Å². The summed E-state index contributed by atoms with van der Waals surface area (Å²) >= 11 is 0. The zero-order valence-electron chi connectivity index (χ0n) is 12.2. The van der Waals surface area contributed by atoms with Crippen LogP contribution in [0.15, 0.2) is 24.3 Å². The van der Waals surface area contributed by atoms with E-state index in [1.807, 2.05) is 0 Å². The summed E-state index contributed by atoms with van der Waals surface area (Å²) in [7, 11) is 1.53. The molecule has 0 aliphatic rings. The van der Waals surface area contributed by atoms with Crippen molar-refractivity contribution in [3.05, 3.63) is 29.8 Å². The molecular formula is C14H19N3O5. The number of hydrogen-bond donors (Lipinski definition) is 4. The summed E-state index contributed by atoms with van der Waals surface area (Å²) in [5.74, 6) is -1.35. The largest absolute Gasteiger partial charge is 0.497 e. The summed E-state index contributed by atoms with van der Waals surface area (Å²) in [5.41, 5.74) is 5.85. The highest BCUT2D eigenvalue weighted by molar-refractivity contribution is 5.94. The molecule has 1 aromatic carbocycles. The van der Waals surface area contributed by atoms with Gasteiger partial charge in [-0.25, -0.2) is 0 Å². The molecule has 0 aromatic heterocycles. The minimum absolute atomic E-state index is 0.161. The number of ether oxygens (including phenoxy) is 1. The van der Waals surface area contributed by atoms with Crippen LogP contribution in [0.4, 0.5) is 0 Å². The molecule has 0 saturated heterocycles. The van der Waals surface area contributed by atoms with Crippen LogP contribution in [-0.2, 0) is 9.59 Å². The van der Waals surface area contributed by atoms with Gasteiger partial charge < -0.3 is 26.2 Å². The third-order valence-electron chi connectivity index (χ3n) is 2.79. The summed E-state index contributed by atoms with van der Waals surface area (Å²) in [6.45, 7) is 0.366. The Kier molecular flexibility index (Phi) is 6.84. The van der Waals surface area contributed by atoms with Gasteiger partial charge in [0, 0.05) is 18.7 Å². The molecule has 0 aliphatic heterocycles. The van der Waals surface area contributed by atoms with E-state index in [0.717, 1.165) is 0 Å². The Labute approximate surface area is 127 Å². The number of carboxylic acids is 1. The van der Waals surface area contributed by atoms with Crippen molar-refractivity contribution in [2.24, 2.45) is 5.73 Å². The van der Waals surface area contributed by atoms with Crippen LogP contribution in [0.1, 0.15) is 16.8 Å². The van der Waals surface area contributed by atoms with Gasteiger partial charge in [-0.1, -0.05) is 0 Å². The molecule has 5 N–H and O–H groups in total. The molecule has 0 spiro atoms. The fourth-order valence-electron chi connectivity index (χ4n) is 1.62. The number of carbonyl (C=O) groups is 3. The Hall–Kier alpha value is -2.61. The standard InChI is InChI=1S/C14H19N3O5/c1-22-10-4-2-9(3-5-10)13(20)16-6-7-17-14(21)11(15)8-12(18)19/h2-5,11H,6-8,15H2,1H3,(H,16,20)(H,17,21)(H,18,19)/t11-/m1/s1. The van der Waals surface area contributed by atoms with E-state index < -0.39 is 24.3 Å². The Morgan fingerprint density at radius 2 is 1.77 bits per heavy atom. The van der Waals surface area contributed by atoms with E-state index in [1.54, 1.807) is 24.3 Å². The number of hydrogen-bond acceptors (Lipinski definition) is 5. The van der Waals surface area contributed by atoms with Crippen molar-refractivity contribution in [2.75, 3.05) is 20.2 Å². The molecule has 0 heterocycles. The second-order valence-corrected chi connectivity index (χ2v) is 4.48. The topological polar surface area (TPSA) is 131 Å². The van der Waals surface area contributed by atoms with Gasteiger partial charge >= 0.3 is 5.97 Å². The van der Waals surface area contributed by atoms with Crippen LogP contribution in [0.2, 0.25) is 0 Å². The first-order valence-electron chi connectivity index (χ1n) is 6.61. The van der Waals surface area contributed by atoms with E-state index >= 15 is 0 Å². The maximum absolute atomic E-state index is 11.8. The molecule has 1 atom stereocenters. The van der Waals surface area contributed by atoms with Gasteiger partial charge in [-0.05, 0) is 24.3 Å². The molecule has 2 amide bonds. The second-order valence-electron chi connectivity index (χ2n) is 4.48. The van der Waals surface area contributed by atoms with Gasteiger partial charge in [-0.2, -0.15) is 0 Å². The lowest BCUT2D eigenvalue weighted by molar-refractivity contribution is -0.139. The van der Waals surface area contributed by atoms with E-state index in [9.17, 15) is 14.4 Å². The number of carbonyl (C=O) groups excluding carboxylic acids is 2. The highest BCUT2D eigenvalue weighted by Crippen LogP contribution is 2.10. The summed E-state index contributed by atoms with van der Waals surface area (Å²) in [6.07, 6.45) is -0.440. The highest BCUT2D eigenvalue weighted by Gasteiger charge is 2.16. The zero-order chi connectivity index (χ0) is 16.5. The van der Waals surface area contributed by atoms with Crippen LogP contribution in [0.5, 0.6) is 5.75 Å². The van der Waals surface area contributed by atoms with Gasteiger partial charge in [0.25, 0.3) is 5.91 Å². The van der Waals surface area contributed by atoms with Gasteiger partial charge in [-0.3, -0.25) is 14.4 Å². The number of aliphatic carboxylic acids is 1. The third-order valence-corrected chi connectivity index (χ3v) is 2.79. The number of methoxy groups -OCH3 is 1. The molecule has 0 unspecified atom stereocenters. The monoisotopic (exact) mass is 309 g/mol. The molecule has 0 fully saturated rings. The number of amides is 2. The second kappa shape index (κ2) is 8.63. The minimum atomic E-state index is -1.14. The first-order valence-corrected chi connectivity index (χ1v) is 6.61. The van der Waals surface area contributed by atoms with Crippen LogP contribution in [0, 0.1) is 0 Å². The summed E-state index contributed by atoms with van der Waals surface area (Å²) < 4.78 is 4.99. The predicted molar refractivity (Wildman–Crippen MR) is 78.6 cm³/mol. The van der Waals surface area contributed by atoms with E-state index in [1.165, 1.54) is 7.11 Å².